The predicted molar refractivity (Wildman–Crippen MR) is 189 cm³/mol. The lowest BCUT2D eigenvalue weighted by Crippen LogP contribution is -2.53. The summed E-state index contributed by atoms with van der Waals surface area (Å²) in [6.07, 6.45) is 0. The molecular weight excluding hydrogens is 561 g/mol. The van der Waals surface area contributed by atoms with Gasteiger partial charge in [0.15, 0.2) is 0 Å². The van der Waals surface area contributed by atoms with E-state index < -0.39 is 0 Å². The summed E-state index contributed by atoms with van der Waals surface area (Å²) in [7, 11) is 0. The summed E-state index contributed by atoms with van der Waals surface area (Å²) < 4.78 is 16.0. The van der Waals surface area contributed by atoms with E-state index in [2.05, 4.69) is 162 Å². The van der Waals surface area contributed by atoms with E-state index in [-0.39, 0.29) is 6.92 Å². The number of fused-ring (bicyclic) bond motifs is 7. The van der Waals surface area contributed by atoms with Crippen molar-refractivity contribution in [3.63, 3.8) is 0 Å². The maximum absolute atomic E-state index is 6.96. The first-order chi connectivity index (χ1) is 22.8. The van der Waals surface area contributed by atoms with Crippen LogP contribution in [-0.2, 0) is 0 Å². The molecule has 7 aromatic carbocycles. The first kappa shape index (κ1) is 25.3. The Morgan fingerprint density at radius 2 is 1.11 bits per heavy atom. The first-order valence-corrected chi connectivity index (χ1v) is 15.7. The van der Waals surface area contributed by atoms with Gasteiger partial charge in [0.25, 0.3) is 0 Å². The Morgan fingerprint density at radius 1 is 0.435 bits per heavy atom. The topological polar surface area (TPSA) is 23.4 Å². The van der Waals surface area contributed by atoms with Gasteiger partial charge in [-0.2, -0.15) is 0 Å². The summed E-state index contributed by atoms with van der Waals surface area (Å²) in [5, 5.41) is 2.48. The molecule has 4 heteroatoms. The van der Waals surface area contributed by atoms with Gasteiger partial charge < -0.3 is 14.0 Å². The summed E-state index contributed by atoms with van der Waals surface area (Å²) in [4.78, 5) is 0. The number of hydrogen-bond acceptors (Lipinski definition) is 2. The van der Waals surface area contributed by atoms with E-state index >= 15 is 0 Å². The lowest BCUT2D eigenvalue weighted by Gasteiger charge is -2.33. The summed E-state index contributed by atoms with van der Waals surface area (Å²) >= 11 is 0. The standard InChI is InChI=1S/C42H26BNO2/c1-2-11-27(12-3-1)30-13-4-5-14-31(30)28-21-23-34-35-17-10-20-39-42(35)43(46-40(34)25-28)36-24-22-29(26-41(36)45-39)44-37-18-8-6-15-32(37)33-16-7-9-19-38(33)44/h1-26H. The van der Waals surface area contributed by atoms with Gasteiger partial charge in [0.1, 0.15) is 17.2 Å². The van der Waals surface area contributed by atoms with Crippen LogP contribution in [0.2, 0.25) is 0 Å². The molecule has 0 amide bonds. The molecule has 3 nitrogen and oxygen atoms in total. The monoisotopic (exact) mass is 587 g/mol. The fourth-order valence-electron chi connectivity index (χ4n) is 7.44. The van der Waals surface area contributed by atoms with Crippen LogP contribution in [0.25, 0.3) is 60.9 Å². The van der Waals surface area contributed by atoms with E-state index in [1.54, 1.807) is 0 Å². The van der Waals surface area contributed by atoms with Crippen molar-refractivity contribution in [2.45, 2.75) is 0 Å². The number of benzene rings is 7. The molecule has 214 valence electrons. The number of hydrogen-bond donors (Lipinski definition) is 0. The third-order valence-corrected chi connectivity index (χ3v) is 9.51. The quantitative estimate of drug-likeness (QED) is 0.192. The minimum Gasteiger partial charge on any atom is -0.551 e. The summed E-state index contributed by atoms with van der Waals surface area (Å²) in [6.45, 7) is -0.269. The van der Waals surface area contributed by atoms with Crippen molar-refractivity contribution in [3.05, 3.63) is 158 Å². The molecule has 0 aliphatic carbocycles. The first-order valence-electron chi connectivity index (χ1n) is 15.7. The van der Waals surface area contributed by atoms with Crippen molar-refractivity contribution in [2.24, 2.45) is 0 Å². The Morgan fingerprint density at radius 3 is 1.89 bits per heavy atom. The highest BCUT2D eigenvalue weighted by Crippen LogP contribution is 2.43. The van der Waals surface area contributed by atoms with Crippen LogP contribution in [0.15, 0.2) is 158 Å². The Kier molecular flexibility index (Phi) is 5.37. The molecule has 0 saturated carbocycles. The molecule has 0 radical (unpaired) electrons. The van der Waals surface area contributed by atoms with Crippen molar-refractivity contribution < 1.29 is 9.39 Å². The zero-order valence-electron chi connectivity index (χ0n) is 24.9. The largest absolute Gasteiger partial charge is 0.551 e. The molecule has 8 aromatic rings. The maximum atomic E-state index is 6.96. The fraction of sp³-hybridized carbons (Fsp3) is 0. The van der Waals surface area contributed by atoms with E-state index in [4.69, 9.17) is 9.39 Å². The molecule has 0 atom stereocenters. The predicted octanol–water partition coefficient (Wildman–Crippen LogP) is 9.39. The number of aromatic nitrogens is 1. The Labute approximate surface area is 267 Å². The number of para-hydroxylation sites is 2. The smallest absolute Gasteiger partial charge is 0.434 e. The Bertz CT molecular complexity index is 2440. The zero-order chi connectivity index (χ0) is 30.2. The minimum atomic E-state index is -0.269. The van der Waals surface area contributed by atoms with Crippen molar-refractivity contribution in [1.82, 2.24) is 4.57 Å². The maximum Gasteiger partial charge on any atom is 0.434 e. The second-order valence-corrected chi connectivity index (χ2v) is 12.0. The molecule has 2 aliphatic heterocycles. The second kappa shape index (κ2) is 9.75. The Balaban J connectivity index is 1.10. The third-order valence-electron chi connectivity index (χ3n) is 9.51. The summed E-state index contributed by atoms with van der Waals surface area (Å²) in [6, 6.07) is 55.8. The van der Waals surface area contributed by atoms with Crippen LogP contribution in [-0.4, -0.2) is 11.5 Å². The van der Waals surface area contributed by atoms with Crippen LogP contribution in [0.1, 0.15) is 0 Å². The molecule has 0 N–H and O–H groups in total. The molecule has 1 aromatic heterocycles. The van der Waals surface area contributed by atoms with Crippen molar-refractivity contribution >= 4 is 39.6 Å². The highest BCUT2D eigenvalue weighted by atomic mass is 16.5. The van der Waals surface area contributed by atoms with Crippen LogP contribution in [0.3, 0.4) is 0 Å². The normalized spacial score (nSPS) is 12.7. The molecular formula is C42H26BNO2. The van der Waals surface area contributed by atoms with Gasteiger partial charge in [0, 0.05) is 39.0 Å². The number of nitrogens with zero attached hydrogens (tertiary/aromatic N) is 1. The SMILES string of the molecule is c1ccc(-c2ccccc2-c2ccc3c(c2)OB2c4ccc(-n5c6ccccc6c6ccccc65)cc4Oc4cccc-3c42)cc1. The third kappa shape index (κ3) is 3.67. The van der Waals surface area contributed by atoms with Gasteiger partial charge in [-0.15, -0.1) is 0 Å². The van der Waals surface area contributed by atoms with Gasteiger partial charge in [0.05, 0.1) is 11.0 Å². The van der Waals surface area contributed by atoms with Crippen molar-refractivity contribution in [3.8, 4) is 56.3 Å². The molecule has 0 bridgehead atoms. The molecule has 3 heterocycles. The van der Waals surface area contributed by atoms with E-state index in [0.717, 1.165) is 50.6 Å². The van der Waals surface area contributed by atoms with Crippen LogP contribution in [0, 0.1) is 0 Å². The fourth-order valence-corrected chi connectivity index (χ4v) is 7.44. The average molecular weight is 587 g/mol. The van der Waals surface area contributed by atoms with E-state index in [0.29, 0.717) is 0 Å². The molecule has 0 unspecified atom stereocenters. The van der Waals surface area contributed by atoms with Gasteiger partial charge in [-0.25, -0.2) is 0 Å². The second-order valence-electron chi connectivity index (χ2n) is 12.0. The molecule has 2 aliphatic rings. The van der Waals surface area contributed by atoms with Gasteiger partial charge >= 0.3 is 6.92 Å². The van der Waals surface area contributed by atoms with Gasteiger partial charge in [-0.1, -0.05) is 121 Å². The van der Waals surface area contributed by atoms with E-state index in [1.807, 2.05) is 0 Å². The Hall–Kier alpha value is -6.00. The average Bonchev–Trinajstić information content (AvgIpc) is 3.46. The summed E-state index contributed by atoms with van der Waals surface area (Å²) in [5.74, 6) is 2.55. The molecule has 0 spiro atoms. The van der Waals surface area contributed by atoms with Crippen LogP contribution >= 0.6 is 0 Å². The number of ether oxygens (including phenoxy) is 1. The zero-order valence-corrected chi connectivity index (χ0v) is 24.9. The molecule has 0 fully saturated rings. The number of rotatable bonds is 3. The van der Waals surface area contributed by atoms with Crippen LogP contribution in [0.5, 0.6) is 17.2 Å². The lowest BCUT2D eigenvalue weighted by molar-refractivity contribution is 0.479. The molecule has 0 saturated heterocycles. The van der Waals surface area contributed by atoms with Crippen LogP contribution in [0.4, 0.5) is 0 Å². The lowest BCUT2D eigenvalue weighted by atomic mass is 9.51. The van der Waals surface area contributed by atoms with Crippen molar-refractivity contribution in [2.75, 3.05) is 0 Å². The van der Waals surface area contributed by atoms with E-state index in [9.17, 15) is 0 Å². The minimum absolute atomic E-state index is 0.269. The molecule has 10 rings (SSSR count). The van der Waals surface area contributed by atoms with Gasteiger partial charge in [-0.3, -0.25) is 0 Å². The van der Waals surface area contributed by atoms with E-state index in [1.165, 1.54) is 38.5 Å². The van der Waals surface area contributed by atoms with Gasteiger partial charge in [-0.05, 0) is 58.1 Å². The highest BCUT2D eigenvalue weighted by Gasteiger charge is 2.40. The molecule has 46 heavy (non-hydrogen) atoms. The van der Waals surface area contributed by atoms with Gasteiger partial charge in [0.2, 0.25) is 0 Å². The highest BCUT2D eigenvalue weighted by molar-refractivity contribution is 6.84. The summed E-state index contributed by atoms with van der Waals surface area (Å²) in [5.41, 5.74) is 12.5. The van der Waals surface area contributed by atoms with Crippen LogP contribution < -0.4 is 20.3 Å². The van der Waals surface area contributed by atoms with Crippen molar-refractivity contribution in [1.29, 1.82) is 0 Å².